The molecule has 0 bridgehead atoms. The number of rotatable bonds is 10. The van der Waals surface area contributed by atoms with Crippen LogP contribution in [0.3, 0.4) is 0 Å². The van der Waals surface area contributed by atoms with Crippen LogP contribution in [0, 0.1) is 0 Å². The molecular weight excluding hydrogens is 964 g/mol. The van der Waals surface area contributed by atoms with Crippen LogP contribution in [0.25, 0.3) is 0 Å². The van der Waals surface area contributed by atoms with Gasteiger partial charge in [-0.2, -0.15) is 0 Å². The first-order valence-electron chi connectivity index (χ1n) is 26.3. The van der Waals surface area contributed by atoms with E-state index in [0.29, 0.717) is 46.3 Å². The maximum Gasteiger partial charge on any atom is 0.253 e. The van der Waals surface area contributed by atoms with Crippen molar-refractivity contribution in [1.29, 1.82) is 0 Å². The summed E-state index contributed by atoms with van der Waals surface area (Å²) in [5.74, 6) is 0.742. The Bertz CT molecular complexity index is 2900. The third-order valence-corrected chi connectivity index (χ3v) is 17.3. The lowest BCUT2D eigenvalue weighted by Crippen LogP contribution is -2.50. The monoisotopic (exact) mass is 1030 g/mol. The first-order chi connectivity index (χ1) is 35.8. The van der Waals surface area contributed by atoms with Gasteiger partial charge in [-0.15, -0.1) is 0 Å². The zero-order chi connectivity index (χ0) is 51.5. The predicted molar refractivity (Wildman–Crippen MR) is 294 cm³/mol. The molecule has 0 aromatic heterocycles. The maximum atomic E-state index is 14.0. The maximum absolute atomic E-state index is 14.0. The van der Waals surface area contributed by atoms with E-state index in [2.05, 4.69) is 49.6 Å². The molecule has 380 valence electrons. The number of hydrogen-bond donors (Lipinski definition) is 0. The summed E-state index contributed by atoms with van der Waals surface area (Å²) in [6, 6.07) is 48.6. The Morgan fingerprint density at radius 2 is 0.851 bits per heavy atom. The normalized spacial score (nSPS) is 23.1. The van der Waals surface area contributed by atoms with Gasteiger partial charge in [0, 0.05) is 109 Å². The standard InChI is InChI=1S/2C31H32ClN3O2/c2*1-21(2)33-14-16-34(17-15-33)29(36)24-7-5-6-22(18-24)20-35-28-9-4-3-8-26(28)31(30(35)37)19-27(31)23-10-12-25(32)13-11-23/h2*3-13,18,21,27H,14-17,19-20H2,1-2H3/t2*27-,31-/m10/s1. The van der Waals surface area contributed by atoms with E-state index < -0.39 is 10.8 Å². The Hall–Kier alpha value is -6.30. The van der Waals surface area contributed by atoms with Crippen molar-refractivity contribution in [1.82, 2.24) is 19.6 Å². The Balaban J connectivity index is 0.000000159. The van der Waals surface area contributed by atoms with E-state index in [-0.39, 0.29) is 35.5 Å². The van der Waals surface area contributed by atoms with E-state index >= 15 is 0 Å². The molecule has 12 heteroatoms. The average Bonchev–Trinajstić information content (AvgIpc) is 4.39. The van der Waals surface area contributed by atoms with Crippen LogP contribution in [0.4, 0.5) is 11.4 Å². The van der Waals surface area contributed by atoms with E-state index in [0.717, 1.165) is 110 Å². The molecule has 2 aliphatic carbocycles. The Morgan fingerprint density at radius 1 is 0.486 bits per heavy atom. The van der Waals surface area contributed by atoms with Crippen LogP contribution in [0.1, 0.15) is 106 Å². The number of halogens is 2. The fourth-order valence-electron chi connectivity index (χ4n) is 12.4. The van der Waals surface area contributed by atoms with Gasteiger partial charge in [0.05, 0.1) is 23.9 Å². The number of amides is 4. The largest absolute Gasteiger partial charge is 0.336 e. The molecule has 10 nitrogen and oxygen atoms in total. The molecule has 4 heterocycles. The molecule has 74 heavy (non-hydrogen) atoms. The lowest BCUT2D eigenvalue weighted by molar-refractivity contribution is -0.121. The summed E-state index contributed by atoms with van der Waals surface area (Å²) in [6.07, 6.45) is 1.61. The molecule has 4 amide bonds. The molecular formula is C62H64Cl2N6O4. The SMILES string of the molecule is CC(C)N1CCN(C(=O)c2cccc(CN3C(=O)[C@@]4(C[C@H]4c4ccc(Cl)cc4)c4ccccc43)c2)CC1.CC(C)N1CCN(C(=O)c2cccc(CN3C(=O)[C@]4(C[C@@H]4c4ccc(Cl)cc4)c4ccccc43)c2)CC1. The van der Waals surface area contributed by atoms with Crippen molar-refractivity contribution in [2.45, 2.75) is 88.4 Å². The zero-order valence-corrected chi connectivity index (χ0v) is 44.2. The van der Waals surface area contributed by atoms with E-state index in [1.807, 2.05) is 153 Å². The third-order valence-electron chi connectivity index (χ3n) is 16.8. The molecule has 4 aliphatic heterocycles. The lowest BCUT2D eigenvalue weighted by Gasteiger charge is -2.37. The summed E-state index contributed by atoms with van der Waals surface area (Å²) in [6.45, 7) is 16.3. The van der Waals surface area contributed by atoms with Crippen LogP contribution >= 0.6 is 23.2 Å². The lowest BCUT2D eigenvalue weighted by atomic mass is 9.92. The summed E-state index contributed by atoms with van der Waals surface area (Å²) in [7, 11) is 0. The molecule has 4 atom stereocenters. The second-order valence-electron chi connectivity index (χ2n) is 21.6. The number of hydrogen-bond acceptors (Lipinski definition) is 6. The number of piperazine rings is 2. The van der Waals surface area contributed by atoms with Gasteiger partial charge in [0.15, 0.2) is 0 Å². The molecule has 6 aromatic rings. The van der Waals surface area contributed by atoms with E-state index in [1.165, 1.54) is 0 Å². The van der Waals surface area contributed by atoms with Gasteiger partial charge in [-0.25, -0.2) is 0 Å². The van der Waals surface area contributed by atoms with Crippen molar-refractivity contribution < 1.29 is 19.2 Å². The fraction of sp³-hybridized carbons (Fsp3) is 0.355. The van der Waals surface area contributed by atoms with Gasteiger partial charge in [0.1, 0.15) is 0 Å². The van der Waals surface area contributed by atoms with Crippen molar-refractivity contribution in [3.8, 4) is 0 Å². The molecule has 12 rings (SSSR count). The van der Waals surface area contributed by atoms with Gasteiger partial charge in [-0.05, 0) is 135 Å². The van der Waals surface area contributed by atoms with Gasteiger partial charge < -0.3 is 19.6 Å². The number of carbonyl (C=O) groups is 4. The highest BCUT2D eigenvalue weighted by atomic mass is 35.5. The van der Waals surface area contributed by atoms with Crippen LogP contribution in [-0.2, 0) is 33.5 Å². The first-order valence-corrected chi connectivity index (χ1v) is 27.1. The van der Waals surface area contributed by atoms with Gasteiger partial charge in [0.25, 0.3) is 11.8 Å². The predicted octanol–water partition coefficient (Wildman–Crippen LogP) is 11.0. The smallest absolute Gasteiger partial charge is 0.253 e. The zero-order valence-electron chi connectivity index (χ0n) is 42.7. The van der Waals surface area contributed by atoms with Crippen molar-refractivity contribution in [2.24, 2.45) is 0 Å². The van der Waals surface area contributed by atoms with Gasteiger partial charge in [-0.3, -0.25) is 29.0 Å². The Kier molecular flexibility index (Phi) is 13.5. The number of benzene rings is 6. The van der Waals surface area contributed by atoms with Crippen LogP contribution in [-0.4, -0.2) is 108 Å². The van der Waals surface area contributed by atoms with Gasteiger partial charge in [0.2, 0.25) is 11.8 Å². The van der Waals surface area contributed by atoms with Crippen LogP contribution < -0.4 is 9.80 Å². The van der Waals surface area contributed by atoms with E-state index in [1.54, 1.807) is 0 Å². The summed E-state index contributed by atoms with van der Waals surface area (Å²) in [5, 5.41) is 1.41. The molecule has 0 radical (unpaired) electrons. The Morgan fingerprint density at radius 3 is 1.22 bits per heavy atom. The summed E-state index contributed by atoms with van der Waals surface area (Å²) in [5.41, 5.74) is 8.78. The summed E-state index contributed by atoms with van der Waals surface area (Å²) >= 11 is 12.2. The molecule has 0 unspecified atom stereocenters. The van der Waals surface area contributed by atoms with Crippen LogP contribution in [0.5, 0.6) is 0 Å². The van der Waals surface area contributed by atoms with Crippen LogP contribution in [0.15, 0.2) is 146 Å². The fourth-order valence-corrected chi connectivity index (χ4v) is 12.7. The second-order valence-corrected chi connectivity index (χ2v) is 22.5. The quantitative estimate of drug-likeness (QED) is 0.136. The minimum absolute atomic E-state index is 0.0693. The molecule has 0 N–H and O–H groups in total. The highest BCUT2D eigenvalue weighted by Crippen LogP contribution is 2.67. The minimum Gasteiger partial charge on any atom is -0.336 e. The third kappa shape index (κ3) is 9.12. The van der Waals surface area contributed by atoms with Crippen molar-refractivity contribution in [3.05, 3.63) is 200 Å². The molecule has 2 spiro atoms. The number of carbonyl (C=O) groups excluding carboxylic acids is 4. The Labute approximate surface area is 445 Å². The number of fused-ring (bicyclic) bond motifs is 4. The number of anilines is 2. The topological polar surface area (TPSA) is 87.7 Å². The summed E-state index contributed by atoms with van der Waals surface area (Å²) < 4.78 is 0. The van der Waals surface area contributed by atoms with Crippen molar-refractivity contribution in [2.75, 3.05) is 62.2 Å². The molecule has 2 saturated carbocycles. The van der Waals surface area contributed by atoms with E-state index in [4.69, 9.17) is 23.2 Å². The number of nitrogens with zero attached hydrogens (tertiary/aromatic N) is 6. The van der Waals surface area contributed by atoms with Crippen molar-refractivity contribution in [3.63, 3.8) is 0 Å². The molecule has 6 aliphatic rings. The van der Waals surface area contributed by atoms with Crippen molar-refractivity contribution >= 4 is 58.2 Å². The molecule has 6 aromatic carbocycles. The first kappa shape index (κ1) is 49.9. The number of para-hydroxylation sites is 2. The minimum atomic E-state index is -0.506. The molecule has 4 fully saturated rings. The molecule has 2 saturated heterocycles. The van der Waals surface area contributed by atoms with E-state index in [9.17, 15) is 19.2 Å². The van der Waals surface area contributed by atoms with Gasteiger partial charge in [-0.1, -0.05) is 108 Å². The summed E-state index contributed by atoms with van der Waals surface area (Å²) in [4.78, 5) is 67.0. The van der Waals surface area contributed by atoms with Gasteiger partial charge >= 0.3 is 0 Å². The second kappa shape index (κ2) is 20.1. The highest BCUT2D eigenvalue weighted by Gasteiger charge is 2.68. The average molecular weight is 1030 g/mol. The van der Waals surface area contributed by atoms with Crippen LogP contribution in [0.2, 0.25) is 10.0 Å². The highest BCUT2D eigenvalue weighted by molar-refractivity contribution is 6.30.